The maximum absolute atomic E-state index is 13.2. The molecule has 4 rings (SSSR count). The van der Waals surface area contributed by atoms with Crippen molar-refractivity contribution in [1.29, 1.82) is 0 Å². The number of ether oxygens (including phenoxy) is 1. The third kappa shape index (κ3) is 4.08. The molecule has 2 aromatic carbocycles. The lowest BCUT2D eigenvalue weighted by Crippen LogP contribution is -2.19. The highest BCUT2D eigenvalue weighted by atomic mass is 35.5. The Bertz CT molecular complexity index is 1190. The molecule has 9 heteroatoms. The van der Waals surface area contributed by atoms with Crippen molar-refractivity contribution >= 4 is 35.0 Å². The molecular weight excluding hydrogens is 406 g/mol. The molecule has 0 bridgehead atoms. The fraction of sp³-hybridized carbons (Fsp3) is 0.0476. The first-order chi connectivity index (χ1) is 14.7. The lowest BCUT2D eigenvalue weighted by molar-refractivity contribution is -0.111. The van der Waals surface area contributed by atoms with Crippen molar-refractivity contribution in [3.8, 4) is 17.1 Å². The number of nitrogens with one attached hydrogen (secondary N) is 1. The standard InChI is InChI=1S/C21H16ClN5O3/c1-29-19-10-9-15(12-17(19)22)23-21(28)18(13-16-8-5-11-30-16)27-20(24-25-26-27)14-6-3-2-4-7-14/h2-13H,1H3,(H,23,28)/b18-13-. The minimum absolute atomic E-state index is 0.167. The topological polar surface area (TPSA) is 95.1 Å². The van der Waals surface area contributed by atoms with Crippen molar-refractivity contribution < 1.29 is 13.9 Å². The van der Waals surface area contributed by atoms with E-state index in [1.165, 1.54) is 18.1 Å². The molecular formula is C21H16ClN5O3. The maximum Gasteiger partial charge on any atom is 0.274 e. The maximum atomic E-state index is 13.2. The third-order valence-corrected chi connectivity index (χ3v) is 4.49. The Morgan fingerprint density at radius 2 is 2.00 bits per heavy atom. The molecule has 0 aliphatic heterocycles. The number of carbonyl (C=O) groups excluding carboxylic acids is 1. The zero-order valence-corrected chi connectivity index (χ0v) is 16.6. The van der Waals surface area contributed by atoms with Gasteiger partial charge in [0.25, 0.3) is 5.91 Å². The highest BCUT2D eigenvalue weighted by Gasteiger charge is 2.20. The molecule has 4 aromatic rings. The van der Waals surface area contributed by atoms with Crippen LogP contribution in [0.3, 0.4) is 0 Å². The largest absolute Gasteiger partial charge is 0.495 e. The Hall–Kier alpha value is -3.91. The number of hydrogen-bond acceptors (Lipinski definition) is 6. The summed E-state index contributed by atoms with van der Waals surface area (Å²) < 4.78 is 11.9. The number of halogens is 1. The van der Waals surface area contributed by atoms with Crippen molar-refractivity contribution in [1.82, 2.24) is 20.2 Å². The van der Waals surface area contributed by atoms with E-state index in [4.69, 9.17) is 20.8 Å². The number of tetrazole rings is 1. The number of aromatic nitrogens is 4. The number of hydrogen-bond donors (Lipinski definition) is 1. The summed E-state index contributed by atoms with van der Waals surface area (Å²) >= 11 is 6.17. The normalized spacial score (nSPS) is 11.3. The second-order valence-electron chi connectivity index (χ2n) is 6.13. The van der Waals surface area contributed by atoms with Gasteiger partial charge in [-0.05, 0) is 40.8 Å². The van der Waals surface area contributed by atoms with E-state index >= 15 is 0 Å². The second-order valence-corrected chi connectivity index (χ2v) is 6.54. The molecule has 2 aromatic heterocycles. The third-order valence-electron chi connectivity index (χ3n) is 4.19. The van der Waals surface area contributed by atoms with Gasteiger partial charge in [-0.25, -0.2) is 0 Å². The predicted octanol–water partition coefficient (Wildman–Crippen LogP) is 4.23. The molecule has 0 aliphatic carbocycles. The molecule has 0 spiro atoms. The van der Waals surface area contributed by atoms with Gasteiger partial charge in [-0.1, -0.05) is 41.9 Å². The minimum Gasteiger partial charge on any atom is -0.495 e. The Morgan fingerprint density at radius 3 is 2.70 bits per heavy atom. The number of amides is 1. The van der Waals surface area contributed by atoms with Crippen LogP contribution in [0.25, 0.3) is 23.2 Å². The number of anilines is 1. The first-order valence-electron chi connectivity index (χ1n) is 8.90. The average molecular weight is 422 g/mol. The zero-order chi connectivity index (χ0) is 20.9. The quantitative estimate of drug-likeness (QED) is 0.468. The summed E-state index contributed by atoms with van der Waals surface area (Å²) in [5.41, 5.74) is 1.42. The Balaban J connectivity index is 1.73. The van der Waals surface area contributed by atoms with Crippen LogP contribution in [0.5, 0.6) is 5.75 Å². The highest BCUT2D eigenvalue weighted by molar-refractivity contribution is 6.32. The van der Waals surface area contributed by atoms with E-state index in [0.29, 0.717) is 28.0 Å². The molecule has 0 saturated carbocycles. The smallest absolute Gasteiger partial charge is 0.274 e. The van der Waals surface area contributed by atoms with Crippen LogP contribution in [-0.2, 0) is 4.79 Å². The van der Waals surface area contributed by atoms with Crippen LogP contribution in [0.15, 0.2) is 71.3 Å². The van der Waals surface area contributed by atoms with E-state index in [9.17, 15) is 4.79 Å². The summed E-state index contributed by atoms with van der Waals surface area (Å²) in [7, 11) is 1.52. The van der Waals surface area contributed by atoms with Crippen molar-refractivity contribution in [3.05, 3.63) is 77.7 Å². The molecule has 2 heterocycles. The minimum atomic E-state index is -0.447. The van der Waals surface area contributed by atoms with E-state index in [1.54, 1.807) is 36.4 Å². The summed E-state index contributed by atoms with van der Waals surface area (Å²) in [4.78, 5) is 13.2. The van der Waals surface area contributed by atoms with Gasteiger partial charge in [0.2, 0.25) is 0 Å². The van der Waals surface area contributed by atoms with Gasteiger partial charge in [-0.3, -0.25) is 4.79 Å². The summed E-state index contributed by atoms with van der Waals surface area (Å²) in [6, 6.07) is 17.7. The monoisotopic (exact) mass is 421 g/mol. The van der Waals surface area contributed by atoms with Gasteiger partial charge in [-0.2, -0.15) is 4.68 Å². The molecule has 0 radical (unpaired) electrons. The number of benzene rings is 2. The van der Waals surface area contributed by atoms with Gasteiger partial charge < -0.3 is 14.5 Å². The summed E-state index contributed by atoms with van der Waals surface area (Å²) in [6.07, 6.45) is 3.07. The SMILES string of the molecule is COc1ccc(NC(=O)/C(=C/c2ccco2)n2nnnc2-c2ccccc2)cc1Cl. The van der Waals surface area contributed by atoms with Gasteiger partial charge in [0.05, 0.1) is 18.4 Å². The van der Waals surface area contributed by atoms with Crippen LogP contribution in [0, 0.1) is 0 Å². The van der Waals surface area contributed by atoms with Gasteiger partial charge in [0, 0.05) is 17.3 Å². The molecule has 0 unspecified atom stereocenters. The number of nitrogens with zero attached hydrogens (tertiary/aromatic N) is 4. The van der Waals surface area contributed by atoms with Crippen LogP contribution in [0.2, 0.25) is 5.02 Å². The van der Waals surface area contributed by atoms with Gasteiger partial charge in [-0.15, -0.1) is 5.10 Å². The molecule has 0 atom stereocenters. The number of rotatable bonds is 6. The zero-order valence-electron chi connectivity index (χ0n) is 15.8. The van der Waals surface area contributed by atoms with Crippen molar-refractivity contribution in [2.24, 2.45) is 0 Å². The van der Waals surface area contributed by atoms with Gasteiger partial charge in [0.1, 0.15) is 17.2 Å². The predicted molar refractivity (Wildman–Crippen MR) is 113 cm³/mol. The Labute approximate surface area is 176 Å². The van der Waals surface area contributed by atoms with E-state index in [1.807, 2.05) is 30.3 Å². The Morgan fingerprint density at radius 1 is 1.17 bits per heavy atom. The fourth-order valence-electron chi connectivity index (χ4n) is 2.79. The highest BCUT2D eigenvalue weighted by Crippen LogP contribution is 2.28. The molecule has 0 saturated heterocycles. The van der Waals surface area contributed by atoms with E-state index in [2.05, 4.69) is 20.8 Å². The molecule has 0 fully saturated rings. The number of furan rings is 1. The molecule has 30 heavy (non-hydrogen) atoms. The molecule has 150 valence electrons. The van der Waals surface area contributed by atoms with Crippen molar-refractivity contribution in [3.63, 3.8) is 0 Å². The summed E-state index contributed by atoms with van der Waals surface area (Å²) in [5.74, 6) is 0.948. The van der Waals surface area contributed by atoms with Crippen LogP contribution in [0.4, 0.5) is 5.69 Å². The van der Waals surface area contributed by atoms with Gasteiger partial charge in [0.15, 0.2) is 5.82 Å². The first kappa shape index (κ1) is 19.4. The second kappa shape index (κ2) is 8.62. The van der Waals surface area contributed by atoms with Crippen LogP contribution in [-0.4, -0.2) is 33.2 Å². The van der Waals surface area contributed by atoms with Gasteiger partial charge >= 0.3 is 0 Å². The van der Waals surface area contributed by atoms with E-state index in [-0.39, 0.29) is 5.70 Å². The molecule has 1 N–H and O–H groups in total. The van der Waals surface area contributed by atoms with E-state index < -0.39 is 5.91 Å². The van der Waals surface area contributed by atoms with Crippen LogP contribution >= 0.6 is 11.6 Å². The lowest BCUT2D eigenvalue weighted by Gasteiger charge is -2.11. The molecule has 1 amide bonds. The fourth-order valence-corrected chi connectivity index (χ4v) is 3.04. The van der Waals surface area contributed by atoms with Crippen LogP contribution < -0.4 is 10.1 Å². The summed E-state index contributed by atoms with van der Waals surface area (Å²) in [5, 5.41) is 15.0. The number of carbonyl (C=O) groups is 1. The van der Waals surface area contributed by atoms with Crippen LogP contribution in [0.1, 0.15) is 5.76 Å². The average Bonchev–Trinajstić information content (AvgIpc) is 3.45. The summed E-state index contributed by atoms with van der Waals surface area (Å²) in [6.45, 7) is 0. The first-order valence-corrected chi connectivity index (χ1v) is 9.28. The molecule has 0 aliphatic rings. The molecule has 8 nitrogen and oxygen atoms in total. The van der Waals surface area contributed by atoms with E-state index in [0.717, 1.165) is 5.56 Å². The van der Waals surface area contributed by atoms with Crippen molar-refractivity contribution in [2.45, 2.75) is 0 Å². The lowest BCUT2D eigenvalue weighted by atomic mass is 10.2. The number of methoxy groups -OCH3 is 1. The van der Waals surface area contributed by atoms with Crippen molar-refractivity contribution in [2.75, 3.05) is 12.4 Å². The Kier molecular flexibility index (Phi) is 5.58.